The van der Waals surface area contributed by atoms with Crippen LogP contribution in [0, 0.1) is 6.92 Å². The van der Waals surface area contributed by atoms with Gasteiger partial charge in [0.2, 0.25) is 10.0 Å². The van der Waals surface area contributed by atoms with Gasteiger partial charge < -0.3 is 0 Å². The Kier molecular flexibility index (Phi) is 3.80. The normalized spacial score (nSPS) is 21.7. The molecule has 0 spiro atoms. The Bertz CT molecular complexity index is 812. The highest BCUT2D eigenvalue weighted by molar-refractivity contribution is 7.89. The van der Waals surface area contributed by atoms with Crippen LogP contribution >= 0.6 is 0 Å². The van der Waals surface area contributed by atoms with Gasteiger partial charge in [0.25, 0.3) is 0 Å². The summed E-state index contributed by atoms with van der Waals surface area (Å²) in [6.07, 6.45) is 4.83. The van der Waals surface area contributed by atoms with Crippen LogP contribution in [0.5, 0.6) is 0 Å². The van der Waals surface area contributed by atoms with E-state index in [0.717, 1.165) is 12.8 Å². The zero-order valence-electron chi connectivity index (χ0n) is 13.9. The van der Waals surface area contributed by atoms with Crippen LogP contribution in [-0.4, -0.2) is 39.1 Å². The van der Waals surface area contributed by atoms with E-state index in [0.29, 0.717) is 11.5 Å². The van der Waals surface area contributed by atoms with E-state index in [1.54, 1.807) is 28.2 Å². The number of pyridine rings is 1. The third kappa shape index (κ3) is 2.57. The van der Waals surface area contributed by atoms with Crippen LogP contribution in [0.2, 0.25) is 0 Å². The lowest BCUT2D eigenvalue weighted by molar-refractivity contribution is 0.254. The molecule has 3 rings (SSSR count). The van der Waals surface area contributed by atoms with Gasteiger partial charge >= 0.3 is 0 Å². The van der Waals surface area contributed by atoms with Crippen molar-refractivity contribution in [2.75, 3.05) is 0 Å². The molecule has 2 aromatic heterocycles. The maximum absolute atomic E-state index is 13.2. The molecule has 1 atom stereocenters. The Morgan fingerprint density at radius 3 is 2.61 bits per heavy atom. The van der Waals surface area contributed by atoms with Gasteiger partial charge in [-0.3, -0.25) is 0 Å². The SMILES string of the molecule is Cc1c(S(=O)(=O)N2C(C)CCC2(C)C)cnn1-c1ccccn1. The van der Waals surface area contributed by atoms with Crippen LogP contribution in [-0.2, 0) is 10.0 Å². The summed E-state index contributed by atoms with van der Waals surface area (Å²) < 4.78 is 29.6. The molecule has 0 radical (unpaired) electrons. The Morgan fingerprint density at radius 1 is 1.30 bits per heavy atom. The number of rotatable bonds is 3. The number of hydrogen-bond donors (Lipinski definition) is 0. The first-order valence-electron chi connectivity index (χ1n) is 7.76. The van der Waals surface area contributed by atoms with E-state index in [9.17, 15) is 8.42 Å². The van der Waals surface area contributed by atoms with Crippen molar-refractivity contribution in [3.8, 4) is 5.82 Å². The zero-order chi connectivity index (χ0) is 16.8. The topological polar surface area (TPSA) is 68.1 Å². The lowest BCUT2D eigenvalue weighted by Crippen LogP contribution is -2.46. The monoisotopic (exact) mass is 334 g/mol. The molecule has 0 N–H and O–H groups in total. The maximum atomic E-state index is 13.2. The van der Waals surface area contributed by atoms with Crippen LogP contribution in [0.15, 0.2) is 35.5 Å². The molecule has 2 aromatic rings. The third-order valence-corrected chi connectivity index (χ3v) is 6.87. The Labute approximate surface area is 137 Å². The Morgan fingerprint density at radius 2 is 2.04 bits per heavy atom. The molecule has 1 aliphatic heterocycles. The van der Waals surface area contributed by atoms with Gasteiger partial charge in [0.15, 0.2) is 5.82 Å². The first kappa shape index (κ1) is 16.1. The molecule has 1 fully saturated rings. The molecule has 0 saturated carbocycles. The average Bonchev–Trinajstić information content (AvgIpc) is 3.00. The summed E-state index contributed by atoms with van der Waals surface area (Å²) >= 11 is 0. The molecule has 23 heavy (non-hydrogen) atoms. The highest BCUT2D eigenvalue weighted by Crippen LogP contribution is 2.38. The summed E-state index contributed by atoms with van der Waals surface area (Å²) in [6.45, 7) is 7.69. The van der Waals surface area contributed by atoms with E-state index in [1.165, 1.54) is 6.20 Å². The predicted molar refractivity (Wildman–Crippen MR) is 87.9 cm³/mol. The number of hydrogen-bond acceptors (Lipinski definition) is 4. The summed E-state index contributed by atoms with van der Waals surface area (Å²) in [6, 6.07) is 5.46. The van der Waals surface area contributed by atoms with Crippen LogP contribution in [0.3, 0.4) is 0 Å². The summed E-state index contributed by atoms with van der Waals surface area (Å²) in [7, 11) is -3.59. The molecule has 1 saturated heterocycles. The Balaban J connectivity index is 2.07. The van der Waals surface area contributed by atoms with Crippen molar-refractivity contribution in [1.29, 1.82) is 0 Å². The second-order valence-corrected chi connectivity index (χ2v) is 8.48. The van der Waals surface area contributed by atoms with Gasteiger partial charge in [-0.15, -0.1) is 0 Å². The molecule has 1 aliphatic rings. The number of nitrogens with zero attached hydrogens (tertiary/aromatic N) is 4. The highest BCUT2D eigenvalue weighted by atomic mass is 32.2. The van der Waals surface area contributed by atoms with E-state index in [1.807, 2.05) is 32.9 Å². The molecular formula is C16H22N4O2S. The summed E-state index contributed by atoms with van der Waals surface area (Å²) in [5, 5.41) is 4.24. The average molecular weight is 334 g/mol. The van der Waals surface area contributed by atoms with Crippen LogP contribution in [0.4, 0.5) is 0 Å². The lowest BCUT2D eigenvalue weighted by atomic mass is 10.0. The number of sulfonamides is 1. The van der Waals surface area contributed by atoms with E-state index in [4.69, 9.17) is 0 Å². The second kappa shape index (κ2) is 5.42. The standard InChI is InChI=1S/C16H22N4O2S/c1-12-8-9-16(3,4)20(12)23(21,22)14-11-18-19(13(14)2)15-7-5-6-10-17-15/h5-7,10-12H,8-9H2,1-4H3. The van der Waals surface area contributed by atoms with E-state index < -0.39 is 10.0 Å². The fourth-order valence-electron chi connectivity index (χ4n) is 3.41. The molecule has 1 unspecified atom stereocenters. The number of aromatic nitrogens is 3. The van der Waals surface area contributed by atoms with Gasteiger partial charge in [-0.2, -0.15) is 9.40 Å². The third-order valence-electron chi connectivity index (χ3n) is 4.54. The first-order chi connectivity index (χ1) is 10.7. The van der Waals surface area contributed by atoms with Crippen molar-refractivity contribution in [2.45, 2.75) is 57.0 Å². The van der Waals surface area contributed by atoms with Crippen LogP contribution in [0.1, 0.15) is 39.3 Å². The smallest absolute Gasteiger partial charge is 0.237 e. The fourth-order valence-corrected chi connectivity index (χ4v) is 5.59. The Hall–Kier alpha value is -1.73. The molecule has 0 bridgehead atoms. The van der Waals surface area contributed by atoms with Gasteiger partial charge in [-0.05, 0) is 52.7 Å². The summed E-state index contributed by atoms with van der Waals surface area (Å²) in [4.78, 5) is 4.49. The molecule has 0 amide bonds. The van der Waals surface area contributed by atoms with Crippen LogP contribution in [0.25, 0.3) is 5.82 Å². The van der Waals surface area contributed by atoms with Crippen molar-refractivity contribution in [2.24, 2.45) is 0 Å². The van der Waals surface area contributed by atoms with Gasteiger partial charge in [-0.1, -0.05) is 6.07 Å². The van der Waals surface area contributed by atoms with Crippen molar-refractivity contribution in [3.05, 3.63) is 36.3 Å². The molecule has 7 heteroatoms. The first-order valence-corrected chi connectivity index (χ1v) is 9.20. The lowest BCUT2D eigenvalue weighted by Gasteiger charge is -2.33. The summed E-state index contributed by atoms with van der Waals surface area (Å²) in [5.74, 6) is 0.611. The fraction of sp³-hybridized carbons (Fsp3) is 0.500. The quantitative estimate of drug-likeness (QED) is 0.865. The molecule has 6 nitrogen and oxygen atoms in total. The maximum Gasteiger partial charge on any atom is 0.247 e. The second-order valence-electron chi connectivity index (χ2n) is 6.69. The van der Waals surface area contributed by atoms with Crippen molar-refractivity contribution in [1.82, 2.24) is 19.1 Å². The molecule has 3 heterocycles. The van der Waals surface area contributed by atoms with E-state index in [2.05, 4.69) is 10.1 Å². The predicted octanol–water partition coefficient (Wildman–Crippen LogP) is 2.53. The van der Waals surface area contributed by atoms with Gasteiger partial charge in [-0.25, -0.2) is 18.1 Å². The van der Waals surface area contributed by atoms with E-state index in [-0.39, 0.29) is 16.5 Å². The van der Waals surface area contributed by atoms with Crippen molar-refractivity contribution in [3.63, 3.8) is 0 Å². The largest absolute Gasteiger partial charge is 0.247 e. The highest BCUT2D eigenvalue weighted by Gasteiger charge is 2.46. The van der Waals surface area contributed by atoms with Crippen molar-refractivity contribution < 1.29 is 8.42 Å². The minimum Gasteiger partial charge on any atom is -0.237 e. The molecule has 124 valence electrons. The van der Waals surface area contributed by atoms with Gasteiger partial charge in [0.1, 0.15) is 4.90 Å². The molecule has 0 aliphatic carbocycles. The van der Waals surface area contributed by atoms with Crippen molar-refractivity contribution >= 4 is 10.0 Å². The summed E-state index contributed by atoms with van der Waals surface area (Å²) in [5.41, 5.74) is 0.205. The molecule has 0 aromatic carbocycles. The van der Waals surface area contributed by atoms with E-state index >= 15 is 0 Å². The zero-order valence-corrected chi connectivity index (χ0v) is 14.7. The van der Waals surface area contributed by atoms with Gasteiger partial charge in [0.05, 0.1) is 11.9 Å². The minimum absolute atomic E-state index is 0.00685. The van der Waals surface area contributed by atoms with Crippen LogP contribution < -0.4 is 0 Å². The van der Waals surface area contributed by atoms with Gasteiger partial charge in [0, 0.05) is 17.8 Å². The minimum atomic E-state index is -3.59. The molecular weight excluding hydrogens is 312 g/mol.